The number of carbonyl (C=O) groups is 2. The zero-order valence-corrected chi connectivity index (χ0v) is 16.0. The molecule has 1 aliphatic heterocycles. The zero-order valence-electron chi connectivity index (χ0n) is 16.0. The SMILES string of the molecule is O=C(CNC(=O)C1CCCCC1)NC(CN1CCOCC1)c1ccccc1. The van der Waals surface area contributed by atoms with Crippen molar-refractivity contribution in [3.05, 3.63) is 35.9 Å². The average molecular weight is 373 g/mol. The van der Waals surface area contributed by atoms with Gasteiger partial charge in [-0.05, 0) is 18.4 Å². The lowest BCUT2D eigenvalue weighted by Gasteiger charge is -2.31. The molecule has 1 heterocycles. The minimum absolute atomic E-state index is 0.0225. The molecule has 1 aromatic rings. The second kappa shape index (κ2) is 10.4. The largest absolute Gasteiger partial charge is 0.379 e. The molecule has 1 aliphatic carbocycles. The van der Waals surface area contributed by atoms with Crippen molar-refractivity contribution in [2.24, 2.45) is 5.92 Å². The summed E-state index contributed by atoms with van der Waals surface area (Å²) in [7, 11) is 0. The van der Waals surface area contributed by atoms with Gasteiger partial charge in [0, 0.05) is 25.6 Å². The number of nitrogens with zero attached hydrogens (tertiary/aromatic N) is 1. The van der Waals surface area contributed by atoms with Crippen LogP contribution in [0.2, 0.25) is 0 Å². The molecular weight excluding hydrogens is 342 g/mol. The number of nitrogens with one attached hydrogen (secondary N) is 2. The number of morpholine rings is 1. The Bertz CT molecular complexity index is 596. The quantitative estimate of drug-likeness (QED) is 0.766. The summed E-state index contributed by atoms with van der Waals surface area (Å²) in [5, 5.41) is 5.93. The maximum absolute atomic E-state index is 12.5. The third-order valence-corrected chi connectivity index (χ3v) is 5.48. The van der Waals surface area contributed by atoms with Gasteiger partial charge in [-0.15, -0.1) is 0 Å². The molecule has 1 saturated carbocycles. The van der Waals surface area contributed by atoms with Crippen molar-refractivity contribution in [2.75, 3.05) is 39.4 Å². The zero-order chi connectivity index (χ0) is 18.9. The topological polar surface area (TPSA) is 70.7 Å². The van der Waals surface area contributed by atoms with E-state index in [0.717, 1.165) is 64.1 Å². The minimum atomic E-state index is -0.138. The number of rotatable bonds is 7. The summed E-state index contributed by atoms with van der Waals surface area (Å²) in [4.78, 5) is 27.1. The Balaban J connectivity index is 1.52. The van der Waals surface area contributed by atoms with Crippen molar-refractivity contribution in [1.29, 1.82) is 0 Å². The van der Waals surface area contributed by atoms with Crippen LogP contribution < -0.4 is 10.6 Å². The summed E-state index contributed by atoms with van der Waals surface area (Å²) in [6.45, 7) is 3.99. The van der Waals surface area contributed by atoms with Crippen molar-refractivity contribution >= 4 is 11.8 Å². The van der Waals surface area contributed by atoms with E-state index in [1.807, 2.05) is 30.3 Å². The number of ether oxygens (including phenoxy) is 1. The highest BCUT2D eigenvalue weighted by Gasteiger charge is 2.23. The number of benzene rings is 1. The second-order valence-corrected chi connectivity index (χ2v) is 7.50. The van der Waals surface area contributed by atoms with Gasteiger partial charge in [-0.3, -0.25) is 14.5 Å². The highest BCUT2D eigenvalue weighted by molar-refractivity contribution is 5.86. The molecule has 0 aromatic heterocycles. The molecule has 2 amide bonds. The molecule has 3 rings (SSSR count). The molecule has 6 nitrogen and oxygen atoms in total. The summed E-state index contributed by atoms with van der Waals surface area (Å²) in [6, 6.07) is 9.92. The Kier molecular flexibility index (Phi) is 7.66. The Morgan fingerprint density at radius 1 is 1.07 bits per heavy atom. The van der Waals surface area contributed by atoms with Crippen LogP contribution in [0.1, 0.15) is 43.7 Å². The first-order valence-corrected chi connectivity index (χ1v) is 10.1. The van der Waals surface area contributed by atoms with Crippen molar-refractivity contribution < 1.29 is 14.3 Å². The van der Waals surface area contributed by atoms with Crippen LogP contribution in [0.5, 0.6) is 0 Å². The summed E-state index contributed by atoms with van der Waals surface area (Å²) in [6.07, 6.45) is 5.32. The fraction of sp³-hybridized carbons (Fsp3) is 0.619. The van der Waals surface area contributed by atoms with Crippen molar-refractivity contribution in [2.45, 2.75) is 38.1 Å². The van der Waals surface area contributed by atoms with E-state index in [0.29, 0.717) is 0 Å². The smallest absolute Gasteiger partial charge is 0.239 e. The molecule has 2 aliphatic rings. The van der Waals surface area contributed by atoms with E-state index in [-0.39, 0.29) is 30.3 Å². The highest BCUT2D eigenvalue weighted by atomic mass is 16.5. The van der Waals surface area contributed by atoms with Gasteiger partial charge in [0.1, 0.15) is 0 Å². The van der Waals surface area contributed by atoms with Crippen LogP contribution >= 0.6 is 0 Å². The number of carbonyl (C=O) groups excluding carboxylic acids is 2. The molecule has 0 spiro atoms. The van der Waals surface area contributed by atoms with Crippen LogP contribution in [0.4, 0.5) is 0 Å². The predicted molar refractivity (Wildman–Crippen MR) is 104 cm³/mol. The standard InChI is InChI=1S/C21H31N3O3/c25-20(15-22-21(26)18-9-5-2-6-10-18)23-19(17-7-3-1-4-8-17)16-24-11-13-27-14-12-24/h1,3-4,7-8,18-19H,2,5-6,9-16H2,(H,22,26)(H,23,25). The molecule has 6 heteroatoms. The molecule has 2 N–H and O–H groups in total. The number of amides is 2. The van der Waals surface area contributed by atoms with Crippen LogP contribution in [-0.4, -0.2) is 56.1 Å². The first-order chi connectivity index (χ1) is 13.2. The van der Waals surface area contributed by atoms with Gasteiger partial charge in [0.2, 0.25) is 11.8 Å². The molecule has 1 aromatic carbocycles. The monoisotopic (exact) mass is 373 g/mol. The predicted octanol–water partition coefficient (Wildman–Crippen LogP) is 1.87. The lowest BCUT2D eigenvalue weighted by Crippen LogP contribution is -2.46. The Hall–Kier alpha value is -1.92. The Labute approximate surface area is 161 Å². The van der Waals surface area contributed by atoms with E-state index in [1.54, 1.807) is 0 Å². The van der Waals surface area contributed by atoms with Gasteiger partial charge in [0.15, 0.2) is 0 Å². The van der Waals surface area contributed by atoms with Crippen LogP contribution in [0.3, 0.4) is 0 Å². The fourth-order valence-corrected chi connectivity index (χ4v) is 3.88. The van der Waals surface area contributed by atoms with Gasteiger partial charge in [-0.2, -0.15) is 0 Å². The summed E-state index contributed by atoms with van der Waals surface area (Å²) in [5.41, 5.74) is 1.08. The van der Waals surface area contributed by atoms with E-state index in [4.69, 9.17) is 4.74 Å². The van der Waals surface area contributed by atoms with Gasteiger partial charge in [-0.1, -0.05) is 49.6 Å². The summed E-state index contributed by atoms with van der Waals surface area (Å²) >= 11 is 0. The molecule has 1 atom stereocenters. The third kappa shape index (κ3) is 6.33. The van der Waals surface area contributed by atoms with Crippen LogP contribution in [0.15, 0.2) is 30.3 Å². The van der Waals surface area contributed by atoms with E-state index >= 15 is 0 Å². The fourth-order valence-electron chi connectivity index (χ4n) is 3.88. The van der Waals surface area contributed by atoms with E-state index in [2.05, 4.69) is 15.5 Å². The third-order valence-electron chi connectivity index (χ3n) is 5.48. The maximum atomic E-state index is 12.5. The van der Waals surface area contributed by atoms with Gasteiger partial charge in [0.25, 0.3) is 0 Å². The first kappa shape index (κ1) is 19.8. The number of hydrogen-bond donors (Lipinski definition) is 2. The molecule has 0 bridgehead atoms. The Morgan fingerprint density at radius 3 is 2.48 bits per heavy atom. The van der Waals surface area contributed by atoms with Crippen LogP contribution in [0.25, 0.3) is 0 Å². The molecule has 1 unspecified atom stereocenters. The van der Waals surface area contributed by atoms with Crippen LogP contribution in [0, 0.1) is 5.92 Å². The highest BCUT2D eigenvalue weighted by Crippen LogP contribution is 2.23. The molecule has 2 fully saturated rings. The Morgan fingerprint density at radius 2 is 1.78 bits per heavy atom. The molecule has 1 saturated heterocycles. The van der Waals surface area contributed by atoms with Crippen molar-refractivity contribution in [1.82, 2.24) is 15.5 Å². The lowest BCUT2D eigenvalue weighted by molar-refractivity contribution is -0.129. The summed E-state index contributed by atoms with van der Waals surface area (Å²) in [5.74, 6) is -0.0413. The van der Waals surface area contributed by atoms with E-state index in [9.17, 15) is 9.59 Å². The summed E-state index contributed by atoms with van der Waals surface area (Å²) < 4.78 is 5.41. The van der Waals surface area contributed by atoms with Crippen molar-refractivity contribution in [3.63, 3.8) is 0 Å². The lowest BCUT2D eigenvalue weighted by atomic mass is 9.89. The minimum Gasteiger partial charge on any atom is -0.379 e. The maximum Gasteiger partial charge on any atom is 0.239 e. The molecule has 0 radical (unpaired) electrons. The molecule has 27 heavy (non-hydrogen) atoms. The van der Waals surface area contributed by atoms with Crippen molar-refractivity contribution in [3.8, 4) is 0 Å². The van der Waals surface area contributed by atoms with Crippen LogP contribution in [-0.2, 0) is 14.3 Å². The normalized spacial score (nSPS) is 20.0. The van der Waals surface area contributed by atoms with E-state index < -0.39 is 0 Å². The van der Waals surface area contributed by atoms with Gasteiger partial charge >= 0.3 is 0 Å². The van der Waals surface area contributed by atoms with Gasteiger partial charge < -0.3 is 15.4 Å². The first-order valence-electron chi connectivity index (χ1n) is 10.1. The van der Waals surface area contributed by atoms with Gasteiger partial charge in [0.05, 0.1) is 25.8 Å². The molecule has 148 valence electrons. The number of hydrogen-bond acceptors (Lipinski definition) is 4. The van der Waals surface area contributed by atoms with Gasteiger partial charge in [-0.25, -0.2) is 0 Å². The van der Waals surface area contributed by atoms with E-state index in [1.165, 1.54) is 6.42 Å². The average Bonchev–Trinajstić information content (AvgIpc) is 2.73. The molecular formula is C21H31N3O3. The second-order valence-electron chi connectivity index (χ2n) is 7.50.